The molecular formula is C14H24N2. The van der Waals surface area contributed by atoms with Crippen LogP contribution >= 0.6 is 0 Å². The van der Waals surface area contributed by atoms with Crippen molar-refractivity contribution in [3.8, 4) is 0 Å². The van der Waals surface area contributed by atoms with Crippen LogP contribution in [0.1, 0.15) is 30.9 Å². The van der Waals surface area contributed by atoms with E-state index in [4.69, 9.17) is 5.73 Å². The fourth-order valence-corrected chi connectivity index (χ4v) is 1.89. The van der Waals surface area contributed by atoms with Gasteiger partial charge in [-0.05, 0) is 45.8 Å². The van der Waals surface area contributed by atoms with Crippen LogP contribution < -0.4 is 5.73 Å². The molecule has 0 aliphatic heterocycles. The summed E-state index contributed by atoms with van der Waals surface area (Å²) in [6.45, 7) is 6.23. The van der Waals surface area contributed by atoms with Crippen molar-refractivity contribution < 1.29 is 0 Å². The average molecular weight is 220 g/mol. The van der Waals surface area contributed by atoms with Gasteiger partial charge in [-0.15, -0.1) is 0 Å². The first-order chi connectivity index (χ1) is 7.63. The zero-order valence-electron chi connectivity index (χ0n) is 10.7. The van der Waals surface area contributed by atoms with Crippen LogP contribution in [-0.2, 0) is 6.54 Å². The molecule has 0 radical (unpaired) electrons. The van der Waals surface area contributed by atoms with Crippen LogP contribution in [0.25, 0.3) is 0 Å². The van der Waals surface area contributed by atoms with Crippen molar-refractivity contribution in [1.29, 1.82) is 0 Å². The van der Waals surface area contributed by atoms with Crippen molar-refractivity contribution in [3.63, 3.8) is 0 Å². The molecule has 0 saturated heterocycles. The van der Waals surface area contributed by atoms with E-state index in [-0.39, 0.29) is 0 Å². The smallest absolute Gasteiger partial charge is 0.0233 e. The molecule has 0 aromatic heterocycles. The number of hydrogen-bond donors (Lipinski definition) is 1. The van der Waals surface area contributed by atoms with E-state index in [1.807, 2.05) is 0 Å². The van der Waals surface area contributed by atoms with Crippen LogP contribution in [0.3, 0.4) is 0 Å². The zero-order chi connectivity index (χ0) is 12.0. The van der Waals surface area contributed by atoms with Gasteiger partial charge in [0, 0.05) is 12.6 Å². The van der Waals surface area contributed by atoms with E-state index in [1.165, 1.54) is 17.5 Å². The van der Waals surface area contributed by atoms with Crippen LogP contribution in [0, 0.1) is 6.92 Å². The largest absolute Gasteiger partial charge is 0.330 e. The lowest BCUT2D eigenvalue weighted by molar-refractivity contribution is 0.235. The Balaban J connectivity index is 2.47. The van der Waals surface area contributed by atoms with Crippen molar-refractivity contribution in [1.82, 2.24) is 4.90 Å². The molecule has 0 bridgehead atoms. The minimum atomic E-state index is 0.601. The highest BCUT2D eigenvalue weighted by molar-refractivity contribution is 5.22. The first-order valence-electron chi connectivity index (χ1n) is 6.09. The molecule has 1 unspecified atom stereocenters. The second-order valence-corrected chi connectivity index (χ2v) is 4.68. The minimum absolute atomic E-state index is 0.601. The van der Waals surface area contributed by atoms with Gasteiger partial charge in [0.05, 0.1) is 0 Å². The molecule has 1 aromatic rings. The molecule has 0 saturated carbocycles. The predicted octanol–water partition coefficient (Wildman–Crippen LogP) is 2.55. The number of aryl methyl sites for hydroxylation is 1. The van der Waals surface area contributed by atoms with Gasteiger partial charge in [-0.2, -0.15) is 0 Å². The lowest BCUT2D eigenvalue weighted by Crippen LogP contribution is -2.29. The monoisotopic (exact) mass is 220 g/mol. The van der Waals surface area contributed by atoms with Crippen LogP contribution in [0.2, 0.25) is 0 Å². The molecule has 1 aromatic carbocycles. The van der Waals surface area contributed by atoms with Gasteiger partial charge in [0.1, 0.15) is 0 Å². The van der Waals surface area contributed by atoms with Crippen molar-refractivity contribution in [3.05, 3.63) is 35.4 Å². The Bertz CT molecular complexity index is 309. The fourth-order valence-electron chi connectivity index (χ4n) is 1.89. The minimum Gasteiger partial charge on any atom is -0.330 e. The third kappa shape index (κ3) is 4.33. The van der Waals surface area contributed by atoms with Gasteiger partial charge in [-0.1, -0.05) is 29.8 Å². The van der Waals surface area contributed by atoms with E-state index >= 15 is 0 Å². The first-order valence-corrected chi connectivity index (χ1v) is 6.09. The van der Waals surface area contributed by atoms with E-state index < -0.39 is 0 Å². The maximum Gasteiger partial charge on any atom is 0.0233 e. The zero-order valence-corrected chi connectivity index (χ0v) is 10.7. The third-order valence-electron chi connectivity index (χ3n) is 3.09. The summed E-state index contributed by atoms with van der Waals surface area (Å²) in [6, 6.07) is 9.32. The molecule has 2 heteroatoms. The Morgan fingerprint density at radius 1 is 1.38 bits per heavy atom. The number of nitrogens with two attached hydrogens (primary N) is 1. The molecular weight excluding hydrogens is 196 g/mol. The average Bonchev–Trinajstić information content (AvgIpc) is 2.25. The highest BCUT2D eigenvalue weighted by atomic mass is 15.1. The summed E-state index contributed by atoms with van der Waals surface area (Å²) < 4.78 is 0. The predicted molar refractivity (Wildman–Crippen MR) is 70.4 cm³/mol. The number of hydrogen-bond acceptors (Lipinski definition) is 2. The maximum atomic E-state index is 5.53. The molecule has 90 valence electrons. The summed E-state index contributed by atoms with van der Waals surface area (Å²) in [7, 11) is 2.18. The standard InChI is InChI=1S/C14H24N2/c1-12-6-4-8-14(10-12)11-16(3)13(2)7-5-9-15/h4,6,8,10,13H,5,7,9,11,15H2,1-3H3. The maximum absolute atomic E-state index is 5.53. The molecule has 0 amide bonds. The van der Waals surface area contributed by atoms with Crippen molar-refractivity contribution in [2.75, 3.05) is 13.6 Å². The topological polar surface area (TPSA) is 29.3 Å². The van der Waals surface area contributed by atoms with E-state index in [1.54, 1.807) is 0 Å². The van der Waals surface area contributed by atoms with Gasteiger partial charge < -0.3 is 5.73 Å². The Morgan fingerprint density at radius 3 is 2.75 bits per heavy atom. The molecule has 0 aliphatic rings. The highest BCUT2D eigenvalue weighted by Crippen LogP contribution is 2.11. The molecule has 1 rings (SSSR count). The SMILES string of the molecule is Cc1cccc(CN(C)C(C)CCCN)c1. The van der Waals surface area contributed by atoms with Crippen molar-refractivity contribution >= 4 is 0 Å². The van der Waals surface area contributed by atoms with E-state index in [2.05, 4.69) is 50.1 Å². The number of benzene rings is 1. The third-order valence-corrected chi connectivity index (χ3v) is 3.09. The molecule has 0 fully saturated rings. The number of nitrogens with zero attached hydrogens (tertiary/aromatic N) is 1. The summed E-state index contributed by atoms with van der Waals surface area (Å²) in [4.78, 5) is 2.39. The Morgan fingerprint density at radius 2 is 2.12 bits per heavy atom. The molecule has 2 N–H and O–H groups in total. The van der Waals surface area contributed by atoms with Gasteiger partial charge in [0.15, 0.2) is 0 Å². The normalized spacial score (nSPS) is 13.1. The summed E-state index contributed by atoms with van der Waals surface area (Å²) >= 11 is 0. The van der Waals surface area contributed by atoms with Crippen LogP contribution in [0.5, 0.6) is 0 Å². The lowest BCUT2D eigenvalue weighted by Gasteiger charge is -2.24. The highest BCUT2D eigenvalue weighted by Gasteiger charge is 2.08. The summed E-state index contributed by atoms with van der Waals surface area (Å²) in [5.74, 6) is 0. The molecule has 1 atom stereocenters. The second-order valence-electron chi connectivity index (χ2n) is 4.68. The molecule has 0 aliphatic carbocycles. The Hall–Kier alpha value is -0.860. The van der Waals surface area contributed by atoms with Gasteiger partial charge in [-0.3, -0.25) is 4.90 Å². The number of rotatable bonds is 6. The van der Waals surface area contributed by atoms with Crippen LogP contribution in [-0.4, -0.2) is 24.5 Å². The van der Waals surface area contributed by atoms with Gasteiger partial charge >= 0.3 is 0 Å². The Labute approximate surface area is 99.5 Å². The van der Waals surface area contributed by atoms with Gasteiger partial charge in [0.2, 0.25) is 0 Å². The molecule has 0 spiro atoms. The summed E-state index contributed by atoms with van der Waals surface area (Å²) in [5, 5.41) is 0. The van der Waals surface area contributed by atoms with Crippen LogP contribution in [0.15, 0.2) is 24.3 Å². The first kappa shape index (κ1) is 13.2. The van der Waals surface area contributed by atoms with Gasteiger partial charge in [-0.25, -0.2) is 0 Å². The second kappa shape index (κ2) is 6.66. The van der Waals surface area contributed by atoms with Crippen molar-refractivity contribution in [2.24, 2.45) is 5.73 Å². The van der Waals surface area contributed by atoms with Crippen LogP contribution in [0.4, 0.5) is 0 Å². The van der Waals surface area contributed by atoms with E-state index in [0.29, 0.717) is 6.04 Å². The molecule has 0 heterocycles. The van der Waals surface area contributed by atoms with Crippen molar-refractivity contribution in [2.45, 2.75) is 39.3 Å². The summed E-state index contributed by atoms with van der Waals surface area (Å²) in [5.41, 5.74) is 8.26. The lowest BCUT2D eigenvalue weighted by atomic mass is 10.1. The Kier molecular flexibility index (Phi) is 5.50. The molecule has 16 heavy (non-hydrogen) atoms. The van der Waals surface area contributed by atoms with E-state index in [0.717, 1.165) is 19.5 Å². The summed E-state index contributed by atoms with van der Waals surface area (Å²) in [6.07, 6.45) is 2.29. The van der Waals surface area contributed by atoms with Gasteiger partial charge in [0.25, 0.3) is 0 Å². The van der Waals surface area contributed by atoms with E-state index in [9.17, 15) is 0 Å². The quantitative estimate of drug-likeness (QED) is 0.798. The molecule has 2 nitrogen and oxygen atoms in total. The fraction of sp³-hybridized carbons (Fsp3) is 0.571.